The molecule has 0 bridgehead atoms. The number of rotatable bonds is 8. The first-order chi connectivity index (χ1) is 12.5. The van der Waals surface area contributed by atoms with Crippen molar-refractivity contribution >= 4 is 17.3 Å². The third-order valence-corrected chi connectivity index (χ3v) is 3.62. The van der Waals surface area contributed by atoms with E-state index in [4.69, 9.17) is 14.2 Å². The molecule has 2 aromatic rings. The Balaban J connectivity index is 2.23. The van der Waals surface area contributed by atoms with Crippen molar-refractivity contribution in [2.24, 2.45) is 5.92 Å². The van der Waals surface area contributed by atoms with E-state index in [1.807, 2.05) is 13.8 Å². The minimum Gasteiger partial charge on any atom is -0.493 e. The van der Waals surface area contributed by atoms with Gasteiger partial charge in [0.05, 0.1) is 21.3 Å². The summed E-state index contributed by atoms with van der Waals surface area (Å²) in [4.78, 5) is 16.3. The van der Waals surface area contributed by atoms with Crippen LogP contribution in [0.15, 0.2) is 30.5 Å². The maximum atomic E-state index is 12.2. The van der Waals surface area contributed by atoms with E-state index in [1.54, 1.807) is 51.8 Å². The Labute approximate surface area is 153 Å². The van der Waals surface area contributed by atoms with Gasteiger partial charge >= 0.3 is 0 Å². The van der Waals surface area contributed by atoms with Gasteiger partial charge in [0.25, 0.3) is 5.91 Å². The second-order valence-corrected chi connectivity index (χ2v) is 6.07. The molecule has 0 radical (unpaired) electrons. The van der Waals surface area contributed by atoms with Gasteiger partial charge in [-0.25, -0.2) is 0 Å². The number of ether oxygens (including phenoxy) is 3. The highest BCUT2D eigenvalue weighted by atomic mass is 16.5. The van der Waals surface area contributed by atoms with Crippen molar-refractivity contribution < 1.29 is 19.0 Å². The topological polar surface area (TPSA) is 81.7 Å². The lowest BCUT2D eigenvalue weighted by molar-refractivity contribution is 0.0944. The van der Waals surface area contributed by atoms with E-state index in [9.17, 15) is 4.79 Å². The number of nitrogens with one attached hydrogen (secondary N) is 2. The summed E-state index contributed by atoms with van der Waals surface area (Å²) in [6, 6.07) is 7.06. The van der Waals surface area contributed by atoms with Crippen molar-refractivity contribution in [3.8, 4) is 17.2 Å². The first-order valence-corrected chi connectivity index (χ1v) is 8.29. The van der Waals surface area contributed by atoms with Crippen LogP contribution >= 0.6 is 0 Å². The van der Waals surface area contributed by atoms with Crippen LogP contribution in [0, 0.1) is 5.92 Å². The van der Waals surface area contributed by atoms with Gasteiger partial charge in [-0.3, -0.25) is 9.78 Å². The SMILES string of the molecule is COc1cc(Nc2ccnc(C(=O)NCC(C)C)c2)cc(OC)c1OC. The normalized spacial score (nSPS) is 10.4. The summed E-state index contributed by atoms with van der Waals surface area (Å²) in [5.41, 5.74) is 1.81. The zero-order chi connectivity index (χ0) is 19.1. The molecule has 2 rings (SSSR count). The van der Waals surface area contributed by atoms with Crippen molar-refractivity contribution in [2.45, 2.75) is 13.8 Å². The fourth-order valence-electron chi connectivity index (χ4n) is 2.34. The van der Waals surface area contributed by atoms with E-state index in [2.05, 4.69) is 15.6 Å². The second kappa shape index (κ2) is 8.94. The number of carbonyl (C=O) groups is 1. The Morgan fingerprint density at radius 3 is 2.23 bits per heavy atom. The van der Waals surface area contributed by atoms with Gasteiger partial charge in [-0.15, -0.1) is 0 Å². The lowest BCUT2D eigenvalue weighted by atomic mass is 10.2. The van der Waals surface area contributed by atoms with Crippen molar-refractivity contribution in [3.63, 3.8) is 0 Å². The molecule has 0 unspecified atom stereocenters. The van der Waals surface area contributed by atoms with Crippen LogP contribution in [0.3, 0.4) is 0 Å². The van der Waals surface area contributed by atoms with Gasteiger partial charge in [-0.2, -0.15) is 0 Å². The van der Waals surface area contributed by atoms with E-state index >= 15 is 0 Å². The Morgan fingerprint density at radius 2 is 1.69 bits per heavy atom. The van der Waals surface area contributed by atoms with Crippen LogP contribution in [-0.4, -0.2) is 38.8 Å². The number of hydrogen-bond acceptors (Lipinski definition) is 6. The first kappa shape index (κ1) is 19.4. The molecule has 0 atom stereocenters. The molecule has 7 nitrogen and oxygen atoms in total. The van der Waals surface area contributed by atoms with Crippen LogP contribution in [0.2, 0.25) is 0 Å². The zero-order valence-electron chi connectivity index (χ0n) is 15.8. The fourth-order valence-corrected chi connectivity index (χ4v) is 2.34. The van der Waals surface area contributed by atoms with E-state index in [1.165, 1.54) is 0 Å². The van der Waals surface area contributed by atoms with Gasteiger partial charge in [0, 0.05) is 36.2 Å². The molecule has 140 valence electrons. The van der Waals surface area contributed by atoms with Crippen LogP contribution in [-0.2, 0) is 0 Å². The summed E-state index contributed by atoms with van der Waals surface area (Å²) in [6.45, 7) is 4.68. The summed E-state index contributed by atoms with van der Waals surface area (Å²) in [6.07, 6.45) is 1.59. The maximum Gasteiger partial charge on any atom is 0.269 e. The van der Waals surface area contributed by atoms with E-state index in [0.717, 1.165) is 11.4 Å². The van der Waals surface area contributed by atoms with Crippen LogP contribution in [0.25, 0.3) is 0 Å². The minimum atomic E-state index is -0.202. The van der Waals surface area contributed by atoms with Crippen molar-refractivity contribution in [1.82, 2.24) is 10.3 Å². The second-order valence-electron chi connectivity index (χ2n) is 6.07. The molecule has 1 heterocycles. The standard InChI is InChI=1S/C19H25N3O4/c1-12(2)11-21-19(23)15-8-13(6-7-20-15)22-14-9-16(24-3)18(26-5)17(10-14)25-4/h6-10,12H,11H2,1-5H3,(H,20,22)(H,21,23). The molecule has 26 heavy (non-hydrogen) atoms. The van der Waals surface area contributed by atoms with Gasteiger partial charge in [-0.1, -0.05) is 13.8 Å². The Morgan fingerprint density at radius 1 is 1.04 bits per heavy atom. The van der Waals surface area contributed by atoms with E-state index in [-0.39, 0.29) is 5.91 Å². The number of nitrogens with zero attached hydrogens (tertiary/aromatic N) is 1. The molecule has 2 N–H and O–H groups in total. The number of methoxy groups -OCH3 is 3. The third-order valence-electron chi connectivity index (χ3n) is 3.62. The summed E-state index contributed by atoms with van der Waals surface area (Å²) in [5, 5.41) is 6.08. The molecule has 0 aliphatic carbocycles. The average Bonchev–Trinajstić information content (AvgIpc) is 2.65. The molecular weight excluding hydrogens is 334 g/mol. The molecule has 7 heteroatoms. The van der Waals surface area contributed by atoms with E-state index in [0.29, 0.717) is 35.4 Å². The van der Waals surface area contributed by atoms with Crippen LogP contribution in [0.1, 0.15) is 24.3 Å². The number of aromatic nitrogens is 1. The van der Waals surface area contributed by atoms with Crippen molar-refractivity contribution in [2.75, 3.05) is 33.2 Å². The number of anilines is 2. The van der Waals surface area contributed by atoms with Crippen LogP contribution in [0.5, 0.6) is 17.2 Å². The predicted molar refractivity (Wildman–Crippen MR) is 101 cm³/mol. The summed E-state index contributed by atoms with van der Waals surface area (Å²) in [5.74, 6) is 1.77. The summed E-state index contributed by atoms with van der Waals surface area (Å²) < 4.78 is 16.0. The van der Waals surface area contributed by atoms with Crippen molar-refractivity contribution in [1.29, 1.82) is 0 Å². The van der Waals surface area contributed by atoms with Gasteiger partial charge < -0.3 is 24.8 Å². The number of amides is 1. The number of pyridine rings is 1. The van der Waals surface area contributed by atoms with E-state index < -0.39 is 0 Å². The molecule has 0 spiro atoms. The molecule has 1 aromatic heterocycles. The van der Waals surface area contributed by atoms with Gasteiger partial charge in [-0.05, 0) is 18.1 Å². The molecule has 0 saturated heterocycles. The Kier molecular flexibility index (Phi) is 6.66. The Hall–Kier alpha value is -2.96. The molecule has 1 aromatic carbocycles. The smallest absolute Gasteiger partial charge is 0.269 e. The van der Waals surface area contributed by atoms with Gasteiger partial charge in [0.2, 0.25) is 5.75 Å². The quantitative estimate of drug-likeness (QED) is 0.753. The first-order valence-electron chi connectivity index (χ1n) is 8.29. The predicted octanol–water partition coefficient (Wildman–Crippen LogP) is 3.24. The maximum absolute atomic E-state index is 12.2. The average molecular weight is 359 g/mol. The highest BCUT2D eigenvalue weighted by molar-refractivity contribution is 5.93. The fraction of sp³-hybridized carbons (Fsp3) is 0.368. The number of benzene rings is 1. The van der Waals surface area contributed by atoms with Gasteiger partial charge in [0.1, 0.15) is 5.69 Å². The minimum absolute atomic E-state index is 0.202. The third kappa shape index (κ3) is 4.78. The zero-order valence-corrected chi connectivity index (χ0v) is 15.8. The summed E-state index contributed by atoms with van der Waals surface area (Å²) in [7, 11) is 4.67. The lowest BCUT2D eigenvalue weighted by Crippen LogP contribution is -2.28. The lowest BCUT2D eigenvalue weighted by Gasteiger charge is -2.15. The van der Waals surface area contributed by atoms with Crippen molar-refractivity contribution in [3.05, 3.63) is 36.2 Å². The highest BCUT2D eigenvalue weighted by Crippen LogP contribution is 2.40. The molecular formula is C19H25N3O4. The summed E-state index contributed by atoms with van der Waals surface area (Å²) >= 11 is 0. The molecule has 1 amide bonds. The molecule has 0 fully saturated rings. The van der Waals surface area contributed by atoms with Crippen LogP contribution in [0.4, 0.5) is 11.4 Å². The molecule has 0 saturated carbocycles. The van der Waals surface area contributed by atoms with Gasteiger partial charge in [0.15, 0.2) is 11.5 Å². The molecule has 0 aliphatic rings. The highest BCUT2D eigenvalue weighted by Gasteiger charge is 2.14. The number of hydrogen-bond donors (Lipinski definition) is 2. The molecule has 0 aliphatic heterocycles. The monoisotopic (exact) mass is 359 g/mol. The number of carbonyl (C=O) groups excluding carboxylic acids is 1. The largest absolute Gasteiger partial charge is 0.493 e. The Bertz CT molecular complexity index is 737. The van der Waals surface area contributed by atoms with Crippen LogP contribution < -0.4 is 24.8 Å².